The minimum absolute atomic E-state index is 0.0166. The lowest BCUT2D eigenvalue weighted by Gasteiger charge is -2.37. The summed E-state index contributed by atoms with van der Waals surface area (Å²) >= 11 is 29.9. The molecule has 0 spiro atoms. The molecule has 760 valence electrons. The molecule has 5 unspecified atom stereocenters. The number of nitrogen functional groups attached to an aromatic ring is 1. The van der Waals surface area contributed by atoms with Crippen molar-refractivity contribution >= 4 is 153 Å². The minimum atomic E-state index is -4.58. The van der Waals surface area contributed by atoms with Gasteiger partial charge in [0.15, 0.2) is 52.2 Å². The van der Waals surface area contributed by atoms with E-state index in [-0.39, 0.29) is 76.8 Å². The van der Waals surface area contributed by atoms with Crippen molar-refractivity contribution in [3.05, 3.63) is 236 Å². The fourth-order valence-electron chi connectivity index (χ4n) is 13.5. The highest BCUT2D eigenvalue weighted by Gasteiger charge is 2.66. The van der Waals surface area contributed by atoms with E-state index in [4.69, 9.17) is 110 Å². The van der Waals surface area contributed by atoms with E-state index in [0.717, 1.165) is 34.5 Å². The summed E-state index contributed by atoms with van der Waals surface area (Å²) in [5, 5.41) is 18.5. The zero-order valence-electron chi connectivity index (χ0n) is 78.0. The van der Waals surface area contributed by atoms with Crippen molar-refractivity contribution in [2.45, 2.75) is 181 Å². The molecule has 4 aromatic heterocycles. The minimum Gasteiger partial charge on any atom is -0.497 e. The number of alkyl halides is 4. The molecular formula is C89H106Cl6F4N13O23P5. The zero-order valence-corrected chi connectivity index (χ0v) is 87.0. The van der Waals surface area contributed by atoms with Crippen molar-refractivity contribution in [1.29, 1.82) is 0 Å². The third kappa shape index (κ3) is 31.8. The van der Waals surface area contributed by atoms with Gasteiger partial charge in [0, 0.05) is 33.7 Å². The van der Waals surface area contributed by atoms with Crippen molar-refractivity contribution in [2.24, 2.45) is 5.92 Å². The number of aliphatic hydroxyl groups excluding tert-OH is 1. The Bertz CT molecular complexity index is 6120. The number of esters is 3. The SMILES string of the molecule is CC(C)OC(=O)[C@H](C)NP(=O)(Cl)Oc1ccccc1.CCOc1nc(N)nc2c1ncn2C1O[C@](F)(COP(=O)(N[C@@H](C)C(=O)OC(C)C)Oc2ccccc2)[C@@H](O)[C@@]1(C)F.CCOc1nc(NC(c2ccccc2)(c2ccccc2)c2ccc(OC)cc2)nc2c1ncn2C1O[C@](F)(COP(=O)(N[C@@H](C)C(=O)OC(C)C)Oc2ccccc2)[C@@H](C)[C@@]1(C)F.O=P(Cl)(Cl)Cl.O=P(Cl)(Cl)Oc1ccccc1. The van der Waals surface area contributed by atoms with Crippen LogP contribution in [0, 0.1) is 5.92 Å². The van der Waals surface area contributed by atoms with Crippen molar-refractivity contribution in [1.82, 2.24) is 54.3 Å². The molecule has 140 heavy (non-hydrogen) atoms. The van der Waals surface area contributed by atoms with Gasteiger partial charge < -0.3 is 72.1 Å². The second-order valence-corrected chi connectivity index (χ2v) is 49.0. The molecule has 2 aliphatic rings. The van der Waals surface area contributed by atoms with Crippen LogP contribution in [0.15, 0.2) is 219 Å². The maximum atomic E-state index is 17.3. The van der Waals surface area contributed by atoms with Crippen LogP contribution in [-0.2, 0) is 75.5 Å². The number of para-hydroxylation sites is 4. The first-order valence-corrected chi connectivity index (χ1v) is 56.4. The summed E-state index contributed by atoms with van der Waals surface area (Å²) < 4.78 is 205. The van der Waals surface area contributed by atoms with Gasteiger partial charge in [0.1, 0.15) is 65.6 Å². The maximum Gasteiger partial charge on any atom is 0.459 e. The molecule has 0 aliphatic carbocycles. The Labute approximate surface area is 834 Å². The predicted molar refractivity (Wildman–Crippen MR) is 524 cm³/mol. The van der Waals surface area contributed by atoms with E-state index >= 15 is 17.6 Å². The Morgan fingerprint density at radius 1 is 0.479 bits per heavy atom. The van der Waals surface area contributed by atoms with E-state index in [1.54, 1.807) is 160 Å². The van der Waals surface area contributed by atoms with Gasteiger partial charge in [-0.2, -0.15) is 30.1 Å². The number of benzene rings is 7. The molecule has 13 rings (SSSR count). The fourth-order valence-corrected chi connectivity index (χ4v) is 19.1. The van der Waals surface area contributed by atoms with Gasteiger partial charge in [-0.3, -0.25) is 37.1 Å². The molecule has 36 nitrogen and oxygen atoms in total. The first kappa shape index (κ1) is 114. The quantitative estimate of drug-likeness (QED) is 0.00688. The van der Waals surface area contributed by atoms with Crippen LogP contribution in [0.4, 0.5) is 29.5 Å². The molecule has 2 fully saturated rings. The number of carbonyl (C=O) groups excluding carboxylic acids is 3. The number of hydrogen-bond acceptors (Lipinski definition) is 31. The van der Waals surface area contributed by atoms with Crippen LogP contribution < -0.4 is 58.6 Å². The fraction of sp³-hybridized carbons (Fsp3) is 0.382. The van der Waals surface area contributed by atoms with Crippen molar-refractivity contribution in [3.63, 3.8) is 0 Å². The third-order valence-corrected chi connectivity index (χ3v) is 25.7. The van der Waals surface area contributed by atoms with Gasteiger partial charge in [-0.25, -0.2) is 50.9 Å². The molecule has 51 heteroatoms. The van der Waals surface area contributed by atoms with Gasteiger partial charge in [0.05, 0.1) is 57.2 Å². The van der Waals surface area contributed by atoms with Gasteiger partial charge in [-0.1, -0.05) is 153 Å². The second-order valence-electron chi connectivity index (χ2n) is 32.0. The van der Waals surface area contributed by atoms with Crippen LogP contribution in [0.1, 0.15) is 126 Å². The van der Waals surface area contributed by atoms with Crippen molar-refractivity contribution < 1.29 is 125 Å². The van der Waals surface area contributed by atoms with E-state index in [2.05, 4.69) is 78.8 Å². The lowest BCUT2D eigenvalue weighted by atomic mass is 9.77. The number of aliphatic hydroxyl groups is 1. The molecule has 7 N–H and O–H groups in total. The molecule has 0 radical (unpaired) electrons. The number of hydrogen-bond donors (Lipinski definition) is 6. The van der Waals surface area contributed by atoms with E-state index in [0.29, 0.717) is 17.2 Å². The summed E-state index contributed by atoms with van der Waals surface area (Å²) in [6, 6.07) is 56.6. The molecule has 0 bridgehead atoms. The Hall–Kier alpha value is -9.46. The van der Waals surface area contributed by atoms with Gasteiger partial charge >= 0.3 is 51.5 Å². The molecular weight excluding hydrogens is 2060 g/mol. The van der Waals surface area contributed by atoms with Gasteiger partial charge in [-0.05, 0) is 201 Å². The number of ether oxygens (including phenoxy) is 8. The summed E-state index contributed by atoms with van der Waals surface area (Å²) in [7, 11) is -7.54. The van der Waals surface area contributed by atoms with Crippen LogP contribution in [-0.4, -0.2) is 161 Å². The highest BCUT2D eigenvalue weighted by Crippen LogP contribution is 2.62. The maximum absolute atomic E-state index is 17.3. The number of aromatic nitrogens is 8. The Morgan fingerprint density at radius 2 is 0.821 bits per heavy atom. The van der Waals surface area contributed by atoms with Gasteiger partial charge in [0.25, 0.3) is 5.85 Å². The molecule has 7 aromatic carbocycles. The van der Waals surface area contributed by atoms with E-state index in [9.17, 15) is 42.3 Å². The normalized spacial score (nSPS) is 20.9. The van der Waals surface area contributed by atoms with E-state index in [1.165, 1.54) is 69.8 Å². The summed E-state index contributed by atoms with van der Waals surface area (Å²) in [6.07, 6.45) is -8.21. The zero-order chi connectivity index (χ0) is 103. The largest absolute Gasteiger partial charge is 0.497 e. The summed E-state index contributed by atoms with van der Waals surface area (Å²) in [5.41, 5.74) is 2.23. The monoisotopic (exact) mass is 2170 g/mol. The molecule has 0 saturated carbocycles. The van der Waals surface area contributed by atoms with Crippen LogP contribution >= 0.6 is 101 Å². The number of nitrogens with zero attached hydrogens (tertiary/aromatic N) is 8. The molecule has 6 heterocycles. The molecule has 14 atom stereocenters. The topological polar surface area (TPSA) is 447 Å². The number of nitrogens with one attached hydrogen (secondary N) is 4. The number of nitrogens with two attached hydrogens (primary N) is 1. The first-order valence-electron chi connectivity index (χ1n) is 42.9. The number of anilines is 2. The highest BCUT2D eigenvalue weighted by atomic mass is 36.0. The predicted octanol–water partition coefficient (Wildman–Crippen LogP) is 22.4. The Morgan fingerprint density at radius 3 is 1.21 bits per heavy atom. The smallest absolute Gasteiger partial charge is 0.459 e. The highest BCUT2D eigenvalue weighted by molar-refractivity contribution is 8.24. The van der Waals surface area contributed by atoms with Crippen LogP contribution in [0.2, 0.25) is 0 Å². The van der Waals surface area contributed by atoms with Crippen LogP contribution in [0.3, 0.4) is 0 Å². The third-order valence-electron chi connectivity index (χ3n) is 20.0. The average Bonchev–Trinajstić information content (AvgIpc) is 1.64. The lowest BCUT2D eigenvalue weighted by Crippen LogP contribution is -2.47. The Kier molecular flexibility index (Phi) is 40.5. The first-order chi connectivity index (χ1) is 65.7. The molecule has 2 aliphatic heterocycles. The summed E-state index contributed by atoms with van der Waals surface area (Å²) in [4.78, 5) is 63.0. The number of fused-ring (bicyclic) bond motifs is 2. The van der Waals surface area contributed by atoms with Crippen molar-refractivity contribution in [3.8, 4) is 40.5 Å². The standard InChI is InChI=1S/C46H51F2N6O8P.C25H33F2N6O8P.C12H17ClNO4P.C6H5Cl2O2P.Cl3OP/c1-8-58-40-38-39(50-43(51-40)52-46(33-18-12-9-13-19-33,34-20-14-10-15-21-34)35-24-26-36(57-7)27-25-35)54(29-49-38)42-44(6,47)32(5)45(48,61-42)28-59-63(56,62-37-22-16-11-17-23-37)53-31(4)41(55)60-30(2)3;1-6-37-19-17-18(30-23(28)31-19)33(13-29-17)22-24(5,26)21(35)25(27,40-22)12-38-42(36,41-16-10-8-7-9-11-16)32-15(4)20(34)39-14(2)3;1-9(2)17-12(15)10(3)14-19(13,16)18-11-7-5-4-6-8-11;7-11(8,9)10-6-4-2-1-3-5-6;1-5(2,3)4/h9-27,29-32,42H,8,28H2,1-7H3,(H,53,56)(H,50,51,52);7-11,13-15,21-22,35H,6,12H2,1-5H3,(H,32,36)(H2,28,30,31);4-10H,1-3H3,(H,14,16);1-5H;/t31-,32-,42?,44+,45+,63?;15-,21-,22?,24+,25+,42?;10-,19?;;/m000../s1. The summed E-state index contributed by atoms with van der Waals surface area (Å²) in [6.45, 7) is 15.6. The number of carbonyl (C=O) groups is 3. The second kappa shape index (κ2) is 49.7. The van der Waals surface area contributed by atoms with Gasteiger partial charge in [-0.15, -0.1) is 0 Å². The van der Waals surface area contributed by atoms with Crippen LogP contribution in [0.25, 0.3) is 22.3 Å². The van der Waals surface area contributed by atoms with Crippen LogP contribution in [0.5, 0.6) is 40.5 Å². The lowest BCUT2D eigenvalue weighted by molar-refractivity contribution is -0.202. The average molecular weight is 2170 g/mol. The molecule has 11 aromatic rings. The number of imidazole rings is 2. The number of methoxy groups -OCH3 is 1. The Balaban J connectivity index is 0.000000241. The molecule has 2 saturated heterocycles. The number of rotatable bonds is 38. The summed E-state index contributed by atoms with van der Waals surface area (Å²) in [5.74, 6) is -8.20. The number of halogens is 10. The van der Waals surface area contributed by atoms with Gasteiger partial charge in [0.2, 0.25) is 29.5 Å². The van der Waals surface area contributed by atoms with E-state index < -0.39 is 148 Å². The van der Waals surface area contributed by atoms with E-state index in [1.807, 2.05) is 84.9 Å². The van der Waals surface area contributed by atoms with Crippen molar-refractivity contribution in [2.75, 3.05) is 44.6 Å². The molecule has 0 amide bonds.